The molecule has 3 heteroatoms. The Morgan fingerprint density at radius 1 is 0.714 bits per heavy atom. The zero-order valence-electron chi connectivity index (χ0n) is 17.7. The number of hydrogen-bond acceptors (Lipinski definition) is 1. The van der Waals surface area contributed by atoms with Gasteiger partial charge in [0.25, 0.3) is 0 Å². The zero-order chi connectivity index (χ0) is 20.4. The third-order valence-corrected chi connectivity index (χ3v) is 8.40. The Hall–Kier alpha value is -0.640. The van der Waals surface area contributed by atoms with Crippen LogP contribution in [0.15, 0.2) is 42.5 Å². The van der Waals surface area contributed by atoms with Crippen molar-refractivity contribution < 1.29 is 0 Å². The lowest BCUT2D eigenvalue weighted by Gasteiger charge is -2.47. The molecule has 0 saturated heterocycles. The van der Waals surface area contributed by atoms with Crippen LogP contribution in [0.4, 0.5) is 0 Å². The van der Waals surface area contributed by atoms with E-state index in [4.69, 9.17) is 0 Å². The van der Waals surface area contributed by atoms with Gasteiger partial charge in [-0.25, -0.2) is 0 Å². The highest BCUT2D eigenvalue weighted by molar-refractivity contribution is 9.09. The van der Waals surface area contributed by atoms with Crippen molar-refractivity contribution >= 4 is 31.9 Å². The van der Waals surface area contributed by atoms with Gasteiger partial charge in [0.2, 0.25) is 0 Å². The summed E-state index contributed by atoms with van der Waals surface area (Å²) in [6, 6.07) is 16.0. The summed E-state index contributed by atoms with van der Waals surface area (Å²) >= 11 is 7.47. The first kappa shape index (κ1) is 22.1. The summed E-state index contributed by atoms with van der Waals surface area (Å²) in [4.78, 5) is 2.86. The number of fused-ring (bicyclic) bond motifs is 1. The van der Waals surface area contributed by atoms with E-state index in [2.05, 4.69) is 107 Å². The summed E-state index contributed by atoms with van der Waals surface area (Å²) in [5.74, 6) is 0. The fourth-order valence-corrected chi connectivity index (χ4v) is 6.55. The fraction of sp³-hybridized carbons (Fsp3) is 0.520. The molecule has 0 amide bonds. The van der Waals surface area contributed by atoms with Gasteiger partial charge in [0.1, 0.15) is 0 Å². The maximum absolute atomic E-state index is 3.74. The molecule has 0 N–H and O–H groups in total. The summed E-state index contributed by atoms with van der Waals surface area (Å²) < 4.78 is 0. The molecule has 2 aromatic carbocycles. The van der Waals surface area contributed by atoms with Crippen LogP contribution < -0.4 is 0 Å². The van der Waals surface area contributed by atoms with Gasteiger partial charge < -0.3 is 0 Å². The molecule has 0 aliphatic carbocycles. The third-order valence-electron chi connectivity index (χ3n) is 7.19. The first-order chi connectivity index (χ1) is 13.6. The minimum absolute atomic E-state index is 0.0962. The first-order valence-corrected chi connectivity index (χ1v) is 12.9. The van der Waals surface area contributed by atoms with E-state index in [0.29, 0.717) is 0 Å². The second-order valence-corrected chi connectivity index (χ2v) is 9.10. The normalized spacial score (nSPS) is 17.6. The number of hydrogen-bond donors (Lipinski definition) is 0. The Morgan fingerprint density at radius 3 is 1.50 bits per heavy atom. The summed E-state index contributed by atoms with van der Waals surface area (Å²) in [6.07, 6.45) is 4.56. The lowest BCUT2D eigenvalue weighted by molar-refractivity contribution is -0.0233. The highest BCUT2D eigenvalue weighted by atomic mass is 79.9. The predicted molar refractivity (Wildman–Crippen MR) is 128 cm³/mol. The second-order valence-electron chi connectivity index (χ2n) is 7.98. The molecule has 0 bridgehead atoms. The predicted octanol–water partition coefficient (Wildman–Crippen LogP) is 8.02. The van der Waals surface area contributed by atoms with Crippen LogP contribution in [0.1, 0.15) is 81.2 Å². The Bertz CT molecular complexity index is 745. The smallest absolute Gasteiger partial charge is 0.0471 e. The summed E-state index contributed by atoms with van der Waals surface area (Å²) in [5.41, 5.74) is 7.58. The monoisotopic (exact) mass is 505 g/mol. The minimum atomic E-state index is 0.0962. The van der Waals surface area contributed by atoms with Crippen molar-refractivity contribution in [2.24, 2.45) is 0 Å². The van der Waals surface area contributed by atoms with E-state index in [1.165, 1.54) is 16.7 Å². The number of nitrogens with zero attached hydrogens (tertiary/aromatic N) is 1. The molecule has 1 aliphatic heterocycles. The SMILES string of the molecule is CCC1(CC)c2cc(CBr)c(CBr)cc2C(CC)(CC)N1Cc1ccccc1. The summed E-state index contributed by atoms with van der Waals surface area (Å²) in [5, 5.41) is 1.82. The molecule has 0 radical (unpaired) electrons. The van der Waals surface area contributed by atoms with Gasteiger partial charge in [-0.1, -0.05) is 102 Å². The first-order valence-electron chi connectivity index (χ1n) is 10.7. The highest BCUT2D eigenvalue weighted by Crippen LogP contribution is 2.57. The van der Waals surface area contributed by atoms with Gasteiger partial charge >= 0.3 is 0 Å². The van der Waals surface area contributed by atoms with Crippen molar-refractivity contribution in [2.45, 2.75) is 81.7 Å². The summed E-state index contributed by atoms with van der Waals surface area (Å²) in [7, 11) is 0. The maximum Gasteiger partial charge on any atom is 0.0471 e. The van der Waals surface area contributed by atoms with E-state index in [1.54, 1.807) is 11.1 Å². The highest BCUT2D eigenvalue weighted by Gasteiger charge is 2.55. The standard InChI is InChI=1S/C25H33Br2N/c1-5-24(6-2)22-14-20(16-26)21(17-27)15-23(22)25(7-3,8-4)28(24)18-19-12-10-9-11-13-19/h9-15H,5-8,16-18H2,1-4H3. The number of alkyl halides is 2. The minimum Gasteiger partial charge on any atom is -0.280 e. The molecule has 0 fully saturated rings. The van der Waals surface area contributed by atoms with E-state index in [0.717, 1.165) is 42.9 Å². The molecular formula is C25H33Br2N. The molecule has 2 aromatic rings. The van der Waals surface area contributed by atoms with Crippen LogP contribution in [0.2, 0.25) is 0 Å². The van der Waals surface area contributed by atoms with Gasteiger partial charge in [-0.3, -0.25) is 4.90 Å². The number of benzene rings is 2. The fourth-order valence-electron chi connectivity index (χ4n) is 5.50. The molecule has 1 nitrogen and oxygen atoms in total. The van der Waals surface area contributed by atoms with Crippen LogP contribution in [0.25, 0.3) is 0 Å². The summed E-state index contributed by atoms with van der Waals surface area (Å²) in [6.45, 7) is 10.5. The van der Waals surface area contributed by atoms with Crippen molar-refractivity contribution in [3.63, 3.8) is 0 Å². The van der Waals surface area contributed by atoms with Gasteiger partial charge in [-0.15, -0.1) is 0 Å². The Morgan fingerprint density at radius 2 is 1.14 bits per heavy atom. The molecule has 28 heavy (non-hydrogen) atoms. The van der Waals surface area contributed by atoms with Crippen LogP contribution in [-0.4, -0.2) is 4.90 Å². The topological polar surface area (TPSA) is 3.24 Å². The van der Waals surface area contributed by atoms with Gasteiger partial charge in [-0.05, 0) is 53.5 Å². The van der Waals surface area contributed by atoms with Crippen LogP contribution >= 0.6 is 31.9 Å². The third kappa shape index (κ3) is 3.32. The van der Waals surface area contributed by atoms with E-state index in [1.807, 2.05) is 0 Å². The van der Waals surface area contributed by atoms with Gasteiger partial charge in [0.15, 0.2) is 0 Å². The molecule has 0 saturated carbocycles. The van der Waals surface area contributed by atoms with Crippen LogP contribution in [-0.2, 0) is 28.3 Å². The van der Waals surface area contributed by atoms with Crippen molar-refractivity contribution in [2.75, 3.05) is 0 Å². The molecule has 0 spiro atoms. The zero-order valence-corrected chi connectivity index (χ0v) is 20.9. The molecular weight excluding hydrogens is 474 g/mol. The number of halogens is 2. The molecule has 152 valence electrons. The molecule has 1 aliphatic rings. The van der Waals surface area contributed by atoms with Crippen molar-refractivity contribution in [1.82, 2.24) is 4.90 Å². The Kier molecular flexibility index (Phi) is 7.10. The van der Waals surface area contributed by atoms with Crippen molar-refractivity contribution in [1.29, 1.82) is 0 Å². The Labute approximate surface area is 188 Å². The van der Waals surface area contributed by atoms with E-state index in [9.17, 15) is 0 Å². The molecule has 1 heterocycles. The van der Waals surface area contributed by atoms with Crippen molar-refractivity contribution in [3.05, 3.63) is 70.3 Å². The van der Waals surface area contributed by atoms with Crippen LogP contribution in [0.5, 0.6) is 0 Å². The molecule has 0 unspecified atom stereocenters. The van der Waals surface area contributed by atoms with E-state index >= 15 is 0 Å². The molecule has 0 aromatic heterocycles. The molecule has 0 atom stereocenters. The van der Waals surface area contributed by atoms with E-state index in [-0.39, 0.29) is 11.1 Å². The average molecular weight is 507 g/mol. The van der Waals surface area contributed by atoms with E-state index < -0.39 is 0 Å². The average Bonchev–Trinajstić information content (AvgIpc) is 2.98. The lowest BCUT2D eigenvalue weighted by Crippen LogP contribution is -2.49. The molecule has 3 rings (SSSR count). The maximum atomic E-state index is 3.74. The Balaban J connectivity index is 2.27. The van der Waals surface area contributed by atoms with Crippen molar-refractivity contribution in [3.8, 4) is 0 Å². The number of rotatable bonds is 8. The van der Waals surface area contributed by atoms with Gasteiger partial charge in [-0.2, -0.15) is 0 Å². The van der Waals surface area contributed by atoms with Crippen LogP contribution in [0.3, 0.4) is 0 Å². The lowest BCUT2D eigenvalue weighted by atomic mass is 9.81. The van der Waals surface area contributed by atoms with Crippen LogP contribution in [0, 0.1) is 0 Å². The van der Waals surface area contributed by atoms with Gasteiger partial charge in [0, 0.05) is 28.3 Å². The van der Waals surface area contributed by atoms with Gasteiger partial charge in [0.05, 0.1) is 0 Å². The second kappa shape index (κ2) is 9.02. The quantitative estimate of drug-likeness (QED) is 0.327. The largest absolute Gasteiger partial charge is 0.280 e.